The van der Waals surface area contributed by atoms with Gasteiger partial charge in [-0.15, -0.1) is 0 Å². The van der Waals surface area contributed by atoms with Crippen LogP contribution in [0.25, 0.3) is 28.6 Å². The van der Waals surface area contributed by atoms with Crippen molar-refractivity contribution in [3.8, 4) is 11.5 Å². The summed E-state index contributed by atoms with van der Waals surface area (Å²) in [6.45, 7) is 0. The van der Waals surface area contributed by atoms with Gasteiger partial charge in [-0.05, 0) is 48.0 Å². The molecule has 0 aliphatic carbocycles. The highest BCUT2D eigenvalue weighted by Crippen LogP contribution is 2.25. The molecule has 1 heterocycles. The maximum atomic E-state index is 12.9. The van der Waals surface area contributed by atoms with Gasteiger partial charge in [-0.25, -0.2) is 14.2 Å². The molecule has 0 saturated heterocycles. The molecule has 0 fully saturated rings. The molecular weight excluding hydrogens is 273 g/mol. The summed E-state index contributed by atoms with van der Waals surface area (Å²) in [6, 6.07) is 11.0. The Kier molecular flexibility index (Phi) is 3.23. The summed E-state index contributed by atoms with van der Waals surface area (Å²) >= 11 is 0. The first kappa shape index (κ1) is 13.1. The second-order valence-electron chi connectivity index (χ2n) is 4.42. The molecule has 104 valence electrons. The number of halogens is 1. The van der Waals surface area contributed by atoms with Crippen LogP contribution in [0, 0.1) is 5.82 Å². The van der Waals surface area contributed by atoms with Gasteiger partial charge in [-0.2, -0.15) is 0 Å². The van der Waals surface area contributed by atoms with Crippen LogP contribution in [0.3, 0.4) is 0 Å². The molecule has 0 radical (unpaired) electrons. The number of rotatable bonds is 3. The molecule has 1 aromatic heterocycles. The molecule has 0 aliphatic heterocycles. The molecule has 3 aromatic rings. The van der Waals surface area contributed by atoms with Crippen LogP contribution in [-0.2, 0) is 4.79 Å². The van der Waals surface area contributed by atoms with E-state index < -0.39 is 5.97 Å². The van der Waals surface area contributed by atoms with Gasteiger partial charge in [0.2, 0.25) is 5.89 Å². The van der Waals surface area contributed by atoms with Crippen molar-refractivity contribution >= 4 is 23.1 Å². The zero-order valence-electron chi connectivity index (χ0n) is 10.8. The maximum absolute atomic E-state index is 12.9. The number of fused-ring (bicyclic) bond motifs is 1. The topological polar surface area (TPSA) is 63.3 Å². The second kappa shape index (κ2) is 5.20. The minimum atomic E-state index is -1.01. The van der Waals surface area contributed by atoms with Gasteiger partial charge in [0.1, 0.15) is 11.3 Å². The number of oxazole rings is 1. The first-order valence-corrected chi connectivity index (χ1v) is 6.19. The van der Waals surface area contributed by atoms with E-state index in [4.69, 9.17) is 9.52 Å². The summed E-state index contributed by atoms with van der Waals surface area (Å²) in [5.41, 5.74) is 2.59. The third-order valence-electron chi connectivity index (χ3n) is 2.92. The summed E-state index contributed by atoms with van der Waals surface area (Å²) in [5.74, 6) is -0.942. The largest absolute Gasteiger partial charge is 0.478 e. The highest BCUT2D eigenvalue weighted by atomic mass is 19.1. The summed E-state index contributed by atoms with van der Waals surface area (Å²) in [6.07, 6.45) is 2.54. The fourth-order valence-corrected chi connectivity index (χ4v) is 1.93. The summed E-state index contributed by atoms with van der Waals surface area (Å²) in [4.78, 5) is 14.8. The zero-order chi connectivity index (χ0) is 14.8. The number of hydrogen-bond donors (Lipinski definition) is 1. The Morgan fingerprint density at radius 3 is 2.67 bits per heavy atom. The van der Waals surface area contributed by atoms with Gasteiger partial charge >= 0.3 is 5.97 Å². The number of aromatic nitrogens is 1. The lowest BCUT2D eigenvalue weighted by atomic mass is 10.2. The normalized spacial score (nSPS) is 11.3. The van der Waals surface area contributed by atoms with Crippen molar-refractivity contribution in [1.29, 1.82) is 0 Å². The minimum Gasteiger partial charge on any atom is -0.478 e. The Hall–Kier alpha value is -2.95. The van der Waals surface area contributed by atoms with Gasteiger partial charge in [0.15, 0.2) is 5.58 Å². The Bertz CT molecular complexity index is 834. The van der Waals surface area contributed by atoms with E-state index in [0.717, 1.165) is 6.08 Å². The van der Waals surface area contributed by atoms with Crippen LogP contribution in [-0.4, -0.2) is 16.1 Å². The smallest absolute Gasteiger partial charge is 0.328 e. The number of carboxylic acids is 1. The van der Waals surface area contributed by atoms with E-state index in [1.165, 1.54) is 18.2 Å². The summed E-state index contributed by atoms with van der Waals surface area (Å²) in [7, 11) is 0. The molecule has 2 aromatic carbocycles. The molecule has 0 unspecified atom stereocenters. The van der Waals surface area contributed by atoms with Crippen LogP contribution in [0.5, 0.6) is 0 Å². The number of carbonyl (C=O) groups is 1. The lowest BCUT2D eigenvalue weighted by Gasteiger charge is -1.93. The summed E-state index contributed by atoms with van der Waals surface area (Å²) < 4.78 is 18.5. The Morgan fingerprint density at radius 1 is 1.19 bits per heavy atom. The van der Waals surface area contributed by atoms with Gasteiger partial charge < -0.3 is 9.52 Å². The highest BCUT2D eigenvalue weighted by molar-refractivity contribution is 5.86. The van der Waals surface area contributed by atoms with Crippen molar-refractivity contribution in [2.45, 2.75) is 0 Å². The van der Waals surface area contributed by atoms with E-state index in [9.17, 15) is 9.18 Å². The van der Waals surface area contributed by atoms with Crippen LogP contribution >= 0.6 is 0 Å². The van der Waals surface area contributed by atoms with Gasteiger partial charge in [0, 0.05) is 11.6 Å². The van der Waals surface area contributed by atoms with Crippen LogP contribution in [0.1, 0.15) is 5.56 Å². The van der Waals surface area contributed by atoms with Crippen LogP contribution in [0.15, 0.2) is 53.0 Å². The monoisotopic (exact) mass is 283 g/mol. The molecule has 4 nitrogen and oxygen atoms in total. The molecule has 0 spiro atoms. The van der Waals surface area contributed by atoms with E-state index in [1.54, 1.807) is 30.3 Å². The average Bonchev–Trinajstić information content (AvgIpc) is 2.88. The molecule has 0 saturated carbocycles. The fourth-order valence-electron chi connectivity index (χ4n) is 1.93. The predicted octanol–water partition coefficient (Wildman–Crippen LogP) is 3.73. The highest BCUT2D eigenvalue weighted by Gasteiger charge is 2.08. The molecule has 21 heavy (non-hydrogen) atoms. The molecule has 0 bridgehead atoms. The first-order valence-electron chi connectivity index (χ1n) is 6.19. The SMILES string of the molecule is O=C(O)C=Cc1ccc2oc(-c3ccc(F)cc3)nc2c1. The molecule has 0 atom stereocenters. The van der Waals surface area contributed by atoms with Crippen molar-refractivity contribution in [3.63, 3.8) is 0 Å². The van der Waals surface area contributed by atoms with Gasteiger partial charge in [-0.3, -0.25) is 0 Å². The first-order chi connectivity index (χ1) is 10.1. The van der Waals surface area contributed by atoms with Gasteiger partial charge in [0.25, 0.3) is 0 Å². The van der Waals surface area contributed by atoms with Gasteiger partial charge in [0.05, 0.1) is 0 Å². The standard InChI is InChI=1S/C16H10FNO3/c17-12-5-3-11(4-6-12)16-18-13-9-10(2-8-15(19)20)1-7-14(13)21-16/h1-9H,(H,19,20). The summed E-state index contributed by atoms with van der Waals surface area (Å²) in [5, 5.41) is 8.61. The predicted molar refractivity (Wildman–Crippen MR) is 76.1 cm³/mol. The minimum absolute atomic E-state index is 0.323. The van der Waals surface area contributed by atoms with E-state index in [0.29, 0.717) is 28.1 Å². The zero-order valence-corrected chi connectivity index (χ0v) is 10.8. The van der Waals surface area contributed by atoms with E-state index in [-0.39, 0.29) is 5.82 Å². The maximum Gasteiger partial charge on any atom is 0.328 e. The third-order valence-corrected chi connectivity index (χ3v) is 2.92. The molecule has 5 heteroatoms. The average molecular weight is 283 g/mol. The van der Waals surface area contributed by atoms with Crippen LogP contribution in [0.2, 0.25) is 0 Å². The third kappa shape index (κ3) is 2.81. The van der Waals surface area contributed by atoms with Crippen molar-refractivity contribution in [2.24, 2.45) is 0 Å². The Labute approximate surface area is 119 Å². The lowest BCUT2D eigenvalue weighted by Crippen LogP contribution is -1.85. The van der Waals surface area contributed by atoms with Crippen molar-refractivity contribution < 1.29 is 18.7 Å². The number of benzene rings is 2. The number of nitrogens with zero attached hydrogens (tertiary/aromatic N) is 1. The molecule has 0 amide bonds. The molecular formula is C16H10FNO3. The number of carboxylic acid groups (broad SMARTS) is 1. The van der Waals surface area contributed by atoms with Crippen molar-refractivity contribution in [2.75, 3.05) is 0 Å². The van der Waals surface area contributed by atoms with E-state index in [1.807, 2.05) is 0 Å². The van der Waals surface area contributed by atoms with Crippen LogP contribution < -0.4 is 0 Å². The second-order valence-corrected chi connectivity index (χ2v) is 4.42. The van der Waals surface area contributed by atoms with Crippen molar-refractivity contribution in [3.05, 3.63) is 59.9 Å². The van der Waals surface area contributed by atoms with Gasteiger partial charge in [-0.1, -0.05) is 6.07 Å². The lowest BCUT2D eigenvalue weighted by molar-refractivity contribution is -0.131. The Balaban J connectivity index is 2.00. The van der Waals surface area contributed by atoms with Crippen molar-refractivity contribution in [1.82, 2.24) is 4.98 Å². The number of hydrogen-bond acceptors (Lipinski definition) is 3. The number of aliphatic carboxylic acids is 1. The quantitative estimate of drug-likeness (QED) is 0.744. The Morgan fingerprint density at radius 2 is 1.95 bits per heavy atom. The fraction of sp³-hybridized carbons (Fsp3) is 0. The molecule has 3 rings (SSSR count). The van der Waals surface area contributed by atoms with Crippen LogP contribution in [0.4, 0.5) is 4.39 Å². The molecule has 1 N–H and O–H groups in total. The van der Waals surface area contributed by atoms with E-state index >= 15 is 0 Å². The van der Waals surface area contributed by atoms with E-state index in [2.05, 4.69) is 4.98 Å². The molecule has 0 aliphatic rings.